The predicted octanol–water partition coefficient (Wildman–Crippen LogP) is 1.66. The zero-order valence-corrected chi connectivity index (χ0v) is 14.7. The molecule has 0 atom stereocenters. The van der Waals surface area contributed by atoms with Crippen LogP contribution in [0.5, 0.6) is 0 Å². The second kappa shape index (κ2) is 6.55. The van der Waals surface area contributed by atoms with Crippen molar-refractivity contribution in [3.8, 4) is 6.07 Å². The molecular weight excluding hydrogens is 318 g/mol. The Morgan fingerprint density at radius 1 is 1.40 bits per heavy atom. The van der Waals surface area contributed by atoms with Crippen molar-refractivity contribution in [2.75, 3.05) is 5.32 Å². The first-order valence-corrected chi connectivity index (χ1v) is 8.39. The SMILES string of the molecule is Cc1[nH]c(=O)c(C#N)c(C)c1CCC(=O)Nc1c2c(nn1C)CCC2. The number of rotatable bonds is 4. The van der Waals surface area contributed by atoms with Gasteiger partial charge in [0.2, 0.25) is 5.91 Å². The van der Waals surface area contributed by atoms with Gasteiger partial charge in [0.25, 0.3) is 5.56 Å². The average Bonchev–Trinajstić information content (AvgIpc) is 3.10. The quantitative estimate of drug-likeness (QED) is 0.884. The number of nitrogens with one attached hydrogen (secondary N) is 2. The summed E-state index contributed by atoms with van der Waals surface area (Å²) in [7, 11) is 1.84. The Balaban J connectivity index is 1.74. The minimum absolute atomic E-state index is 0.0961. The van der Waals surface area contributed by atoms with Crippen molar-refractivity contribution in [3.05, 3.63) is 44.0 Å². The van der Waals surface area contributed by atoms with Crippen molar-refractivity contribution >= 4 is 11.7 Å². The number of aryl methyl sites for hydroxylation is 3. The number of anilines is 1. The van der Waals surface area contributed by atoms with E-state index >= 15 is 0 Å². The lowest BCUT2D eigenvalue weighted by molar-refractivity contribution is -0.116. The molecule has 2 heterocycles. The molecule has 7 nitrogen and oxygen atoms in total. The highest BCUT2D eigenvalue weighted by Gasteiger charge is 2.22. The number of carbonyl (C=O) groups excluding carboxylic acids is 1. The molecule has 0 saturated heterocycles. The van der Waals surface area contributed by atoms with E-state index in [1.165, 1.54) is 0 Å². The van der Waals surface area contributed by atoms with Gasteiger partial charge in [-0.15, -0.1) is 0 Å². The predicted molar refractivity (Wildman–Crippen MR) is 93.4 cm³/mol. The van der Waals surface area contributed by atoms with Crippen LogP contribution in [0.15, 0.2) is 4.79 Å². The van der Waals surface area contributed by atoms with Gasteiger partial charge < -0.3 is 10.3 Å². The van der Waals surface area contributed by atoms with Crippen molar-refractivity contribution in [1.29, 1.82) is 5.26 Å². The highest BCUT2D eigenvalue weighted by Crippen LogP contribution is 2.28. The lowest BCUT2D eigenvalue weighted by Crippen LogP contribution is -2.19. The van der Waals surface area contributed by atoms with Gasteiger partial charge in [0.05, 0.1) is 5.69 Å². The number of nitrogens with zero attached hydrogens (tertiary/aromatic N) is 3. The molecule has 0 bridgehead atoms. The zero-order chi connectivity index (χ0) is 18.1. The van der Waals surface area contributed by atoms with Crippen molar-refractivity contribution in [1.82, 2.24) is 14.8 Å². The minimum atomic E-state index is -0.379. The number of amides is 1. The second-order valence-electron chi connectivity index (χ2n) is 6.47. The van der Waals surface area contributed by atoms with E-state index in [2.05, 4.69) is 15.4 Å². The van der Waals surface area contributed by atoms with Crippen molar-refractivity contribution in [2.24, 2.45) is 7.05 Å². The Labute approximate surface area is 145 Å². The summed E-state index contributed by atoms with van der Waals surface area (Å²) in [5.41, 5.74) is 4.15. The first kappa shape index (κ1) is 17.0. The zero-order valence-electron chi connectivity index (χ0n) is 14.7. The second-order valence-corrected chi connectivity index (χ2v) is 6.47. The molecule has 0 aliphatic heterocycles. The number of carbonyl (C=O) groups is 1. The van der Waals surface area contributed by atoms with Gasteiger partial charge in [-0.05, 0) is 50.7 Å². The van der Waals surface area contributed by atoms with Crippen LogP contribution < -0.4 is 10.9 Å². The molecule has 130 valence electrons. The van der Waals surface area contributed by atoms with Crippen molar-refractivity contribution in [2.45, 2.75) is 46.0 Å². The Bertz CT molecular complexity index is 946. The van der Waals surface area contributed by atoms with Crippen LogP contribution in [0.2, 0.25) is 0 Å². The standard InChI is InChI=1S/C18H21N5O2/c1-10-12(11(2)20-18(25)14(10)9-19)7-8-16(24)21-17-13-5-4-6-15(13)22-23(17)3/h4-8H2,1-3H3,(H,20,25)(H,21,24). The summed E-state index contributed by atoms with van der Waals surface area (Å²) in [6, 6.07) is 1.93. The fraction of sp³-hybridized carbons (Fsp3) is 0.444. The maximum atomic E-state index is 12.4. The summed E-state index contributed by atoms with van der Waals surface area (Å²) in [6.45, 7) is 3.54. The Kier molecular flexibility index (Phi) is 4.45. The molecule has 0 aromatic carbocycles. The first-order chi connectivity index (χ1) is 11.9. The summed E-state index contributed by atoms with van der Waals surface area (Å²) in [5.74, 6) is 0.686. The molecule has 2 aromatic rings. The molecule has 2 N–H and O–H groups in total. The van der Waals surface area contributed by atoms with Crippen molar-refractivity contribution in [3.63, 3.8) is 0 Å². The van der Waals surface area contributed by atoms with Crippen LogP contribution in [-0.2, 0) is 31.1 Å². The number of fused-ring (bicyclic) bond motifs is 1. The molecule has 0 fully saturated rings. The minimum Gasteiger partial charge on any atom is -0.325 e. The Hall–Kier alpha value is -2.88. The van der Waals surface area contributed by atoms with Crippen LogP contribution in [0, 0.1) is 25.2 Å². The number of pyridine rings is 1. The monoisotopic (exact) mass is 339 g/mol. The van der Waals surface area contributed by atoms with Gasteiger partial charge in [0.1, 0.15) is 17.5 Å². The normalized spacial score (nSPS) is 12.7. The highest BCUT2D eigenvalue weighted by atomic mass is 16.1. The van der Waals surface area contributed by atoms with E-state index in [-0.39, 0.29) is 23.5 Å². The molecule has 1 aliphatic rings. The fourth-order valence-corrected chi connectivity index (χ4v) is 3.53. The summed E-state index contributed by atoms with van der Waals surface area (Å²) < 4.78 is 1.73. The van der Waals surface area contributed by atoms with Gasteiger partial charge >= 0.3 is 0 Å². The Morgan fingerprint density at radius 2 is 2.16 bits per heavy atom. The maximum absolute atomic E-state index is 12.4. The van der Waals surface area contributed by atoms with Gasteiger partial charge in [-0.3, -0.25) is 14.3 Å². The molecule has 2 aromatic heterocycles. The smallest absolute Gasteiger partial charge is 0.266 e. The van der Waals surface area contributed by atoms with E-state index in [1.54, 1.807) is 18.5 Å². The molecule has 1 aliphatic carbocycles. The van der Waals surface area contributed by atoms with Gasteiger partial charge in [0, 0.05) is 24.7 Å². The number of hydrogen-bond donors (Lipinski definition) is 2. The lowest BCUT2D eigenvalue weighted by Gasteiger charge is -2.11. The molecule has 25 heavy (non-hydrogen) atoms. The maximum Gasteiger partial charge on any atom is 0.266 e. The summed E-state index contributed by atoms with van der Waals surface area (Å²) in [4.78, 5) is 26.9. The van der Waals surface area contributed by atoms with Crippen molar-refractivity contribution < 1.29 is 4.79 Å². The highest BCUT2D eigenvalue weighted by molar-refractivity contribution is 5.91. The molecule has 0 saturated carbocycles. The summed E-state index contributed by atoms with van der Waals surface area (Å²) >= 11 is 0. The lowest BCUT2D eigenvalue weighted by atomic mass is 9.99. The Morgan fingerprint density at radius 3 is 2.88 bits per heavy atom. The van der Waals surface area contributed by atoms with Gasteiger partial charge in [-0.25, -0.2) is 0 Å². The molecule has 0 unspecified atom stereocenters. The van der Waals surface area contributed by atoms with Crippen LogP contribution in [0.25, 0.3) is 0 Å². The molecule has 1 amide bonds. The largest absolute Gasteiger partial charge is 0.325 e. The van der Waals surface area contributed by atoms with E-state index < -0.39 is 0 Å². The van der Waals surface area contributed by atoms with E-state index in [0.717, 1.165) is 41.9 Å². The van der Waals surface area contributed by atoms with Gasteiger partial charge in [-0.2, -0.15) is 10.4 Å². The topological polar surface area (TPSA) is 104 Å². The van der Waals surface area contributed by atoms with Gasteiger partial charge in [0.15, 0.2) is 0 Å². The number of nitriles is 1. The van der Waals surface area contributed by atoms with Crippen LogP contribution in [0.3, 0.4) is 0 Å². The molecular formula is C18H21N5O2. The number of aromatic amines is 1. The first-order valence-electron chi connectivity index (χ1n) is 8.39. The van der Waals surface area contributed by atoms with Crippen LogP contribution in [0.4, 0.5) is 5.82 Å². The third-order valence-electron chi connectivity index (χ3n) is 4.85. The van der Waals surface area contributed by atoms with Gasteiger partial charge in [-0.1, -0.05) is 0 Å². The number of hydrogen-bond acceptors (Lipinski definition) is 4. The van der Waals surface area contributed by atoms with Crippen LogP contribution in [0.1, 0.15) is 46.5 Å². The molecule has 0 radical (unpaired) electrons. The fourth-order valence-electron chi connectivity index (χ4n) is 3.53. The molecule has 3 rings (SSSR count). The molecule has 0 spiro atoms. The number of H-pyrrole nitrogens is 1. The number of aromatic nitrogens is 3. The molecule has 7 heteroatoms. The van der Waals surface area contributed by atoms with Crippen LogP contribution >= 0.6 is 0 Å². The van der Waals surface area contributed by atoms with E-state index in [0.29, 0.717) is 17.7 Å². The summed E-state index contributed by atoms with van der Waals surface area (Å²) in [6.07, 6.45) is 3.73. The third-order valence-corrected chi connectivity index (χ3v) is 4.85. The third kappa shape index (κ3) is 3.07. The average molecular weight is 339 g/mol. The van der Waals surface area contributed by atoms with E-state index in [4.69, 9.17) is 5.26 Å². The van der Waals surface area contributed by atoms with Crippen LogP contribution in [-0.4, -0.2) is 20.7 Å². The summed E-state index contributed by atoms with van der Waals surface area (Å²) in [5, 5.41) is 16.5. The van der Waals surface area contributed by atoms with E-state index in [1.807, 2.05) is 13.1 Å². The van der Waals surface area contributed by atoms with E-state index in [9.17, 15) is 9.59 Å².